The van der Waals surface area contributed by atoms with Crippen LogP contribution in [0.3, 0.4) is 0 Å². The molecule has 0 spiro atoms. The van der Waals surface area contributed by atoms with Crippen molar-refractivity contribution in [2.45, 2.75) is 32.6 Å². The van der Waals surface area contributed by atoms with E-state index in [1.54, 1.807) is 6.26 Å². The molecule has 1 aliphatic heterocycles. The van der Waals surface area contributed by atoms with Gasteiger partial charge in [-0.25, -0.2) is 4.98 Å². The SMILES string of the molecule is C[C@@H]1CN(Cc2coc(-c3ccc(Cl)cc3)n2)C[C@@H](C)O1. The molecule has 3 rings (SSSR count). The molecule has 5 heteroatoms. The Balaban J connectivity index is 1.69. The van der Waals surface area contributed by atoms with Crippen molar-refractivity contribution in [3.63, 3.8) is 0 Å². The molecule has 2 aromatic rings. The van der Waals surface area contributed by atoms with Crippen molar-refractivity contribution >= 4 is 11.6 Å². The molecule has 0 unspecified atom stereocenters. The quantitative estimate of drug-likeness (QED) is 0.868. The Bertz CT molecular complexity index is 587. The lowest BCUT2D eigenvalue weighted by Gasteiger charge is -2.34. The molecule has 0 saturated carbocycles. The number of morpholine rings is 1. The Labute approximate surface area is 129 Å². The van der Waals surface area contributed by atoms with Gasteiger partial charge in [-0.2, -0.15) is 0 Å². The van der Waals surface area contributed by atoms with Gasteiger partial charge < -0.3 is 9.15 Å². The zero-order valence-electron chi connectivity index (χ0n) is 12.3. The summed E-state index contributed by atoms with van der Waals surface area (Å²) in [5.74, 6) is 0.635. The minimum atomic E-state index is 0.261. The van der Waals surface area contributed by atoms with Gasteiger partial charge in [0.25, 0.3) is 0 Å². The van der Waals surface area contributed by atoms with Crippen LogP contribution in [0.1, 0.15) is 19.5 Å². The van der Waals surface area contributed by atoms with E-state index in [0.29, 0.717) is 10.9 Å². The Hall–Kier alpha value is -1.36. The second-order valence-electron chi connectivity index (χ2n) is 5.60. The maximum atomic E-state index is 5.89. The molecule has 4 nitrogen and oxygen atoms in total. The third-order valence-electron chi connectivity index (χ3n) is 3.52. The number of nitrogens with zero attached hydrogens (tertiary/aromatic N) is 2. The second kappa shape index (κ2) is 6.18. The third-order valence-corrected chi connectivity index (χ3v) is 3.78. The molecule has 0 radical (unpaired) electrons. The molecule has 0 bridgehead atoms. The number of hydrogen-bond acceptors (Lipinski definition) is 4. The highest BCUT2D eigenvalue weighted by atomic mass is 35.5. The molecule has 1 aromatic heterocycles. The number of halogens is 1. The third kappa shape index (κ3) is 3.64. The highest BCUT2D eigenvalue weighted by molar-refractivity contribution is 6.30. The van der Waals surface area contributed by atoms with Crippen LogP contribution in [0.5, 0.6) is 0 Å². The van der Waals surface area contributed by atoms with E-state index in [9.17, 15) is 0 Å². The van der Waals surface area contributed by atoms with Gasteiger partial charge in [-0.05, 0) is 38.1 Å². The molecular formula is C16H19ClN2O2. The van der Waals surface area contributed by atoms with E-state index in [4.69, 9.17) is 20.8 Å². The first-order chi connectivity index (χ1) is 10.1. The van der Waals surface area contributed by atoms with Gasteiger partial charge in [0.1, 0.15) is 6.26 Å². The predicted octanol–water partition coefficient (Wildman–Crippen LogP) is 3.60. The summed E-state index contributed by atoms with van der Waals surface area (Å²) >= 11 is 5.89. The predicted molar refractivity (Wildman–Crippen MR) is 82.2 cm³/mol. The smallest absolute Gasteiger partial charge is 0.226 e. The Morgan fingerprint density at radius 2 is 1.86 bits per heavy atom. The van der Waals surface area contributed by atoms with E-state index >= 15 is 0 Å². The van der Waals surface area contributed by atoms with Crippen LogP contribution in [-0.4, -0.2) is 35.2 Å². The van der Waals surface area contributed by atoms with Crippen LogP contribution in [0.15, 0.2) is 34.9 Å². The van der Waals surface area contributed by atoms with E-state index in [0.717, 1.165) is 30.9 Å². The Morgan fingerprint density at radius 3 is 2.52 bits per heavy atom. The number of hydrogen-bond donors (Lipinski definition) is 0. The number of rotatable bonds is 3. The van der Waals surface area contributed by atoms with Crippen LogP contribution in [0.2, 0.25) is 5.02 Å². The fourth-order valence-corrected chi connectivity index (χ4v) is 2.87. The van der Waals surface area contributed by atoms with E-state index in [-0.39, 0.29) is 12.2 Å². The number of oxazole rings is 1. The molecule has 1 aliphatic rings. The normalized spacial score (nSPS) is 23.4. The summed E-state index contributed by atoms with van der Waals surface area (Å²) in [5.41, 5.74) is 1.88. The summed E-state index contributed by atoms with van der Waals surface area (Å²) in [6.07, 6.45) is 2.25. The number of benzene rings is 1. The van der Waals surface area contributed by atoms with E-state index in [1.165, 1.54) is 0 Å². The fraction of sp³-hybridized carbons (Fsp3) is 0.438. The van der Waals surface area contributed by atoms with Crippen molar-refractivity contribution < 1.29 is 9.15 Å². The summed E-state index contributed by atoms with van der Waals surface area (Å²) in [6, 6.07) is 7.51. The van der Waals surface area contributed by atoms with E-state index in [2.05, 4.69) is 23.7 Å². The molecule has 1 aromatic carbocycles. The summed E-state index contributed by atoms with van der Waals surface area (Å²) in [7, 11) is 0. The van der Waals surface area contributed by atoms with Gasteiger partial charge in [0.15, 0.2) is 0 Å². The average Bonchev–Trinajstić information content (AvgIpc) is 2.87. The lowest BCUT2D eigenvalue weighted by Crippen LogP contribution is -2.44. The van der Waals surface area contributed by atoms with E-state index in [1.807, 2.05) is 24.3 Å². The first-order valence-corrected chi connectivity index (χ1v) is 7.56. The largest absolute Gasteiger partial charge is 0.444 e. The minimum Gasteiger partial charge on any atom is -0.444 e. The van der Waals surface area contributed by atoms with Crippen molar-refractivity contribution in [3.05, 3.63) is 41.2 Å². The molecule has 112 valence electrons. The lowest BCUT2D eigenvalue weighted by molar-refractivity contribution is -0.0707. The highest BCUT2D eigenvalue weighted by Crippen LogP contribution is 2.22. The Kier molecular flexibility index (Phi) is 4.29. The molecular weight excluding hydrogens is 288 g/mol. The van der Waals surface area contributed by atoms with Crippen LogP contribution in [-0.2, 0) is 11.3 Å². The second-order valence-corrected chi connectivity index (χ2v) is 6.04. The van der Waals surface area contributed by atoms with Gasteiger partial charge in [-0.1, -0.05) is 11.6 Å². The van der Waals surface area contributed by atoms with Gasteiger partial charge in [0.05, 0.1) is 17.9 Å². The van der Waals surface area contributed by atoms with Crippen LogP contribution in [0.4, 0.5) is 0 Å². The minimum absolute atomic E-state index is 0.261. The maximum Gasteiger partial charge on any atom is 0.226 e. The first kappa shape index (κ1) is 14.6. The Morgan fingerprint density at radius 1 is 1.19 bits per heavy atom. The first-order valence-electron chi connectivity index (χ1n) is 7.18. The van der Waals surface area contributed by atoms with Crippen LogP contribution in [0, 0.1) is 0 Å². The molecule has 1 saturated heterocycles. The zero-order chi connectivity index (χ0) is 14.8. The lowest BCUT2D eigenvalue weighted by atomic mass is 10.2. The highest BCUT2D eigenvalue weighted by Gasteiger charge is 2.23. The van der Waals surface area contributed by atoms with Crippen molar-refractivity contribution in [2.75, 3.05) is 13.1 Å². The maximum absolute atomic E-state index is 5.89. The molecule has 0 amide bonds. The fourth-order valence-electron chi connectivity index (χ4n) is 2.75. The summed E-state index contributed by atoms with van der Waals surface area (Å²) < 4.78 is 11.3. The van der Waals surface area contributed by atoms with Crippen molar-refractivity contribution in [1.82, 2.24) is 9.88 Å². The number of aromatic nitrogens is 1. The van der Waals surface area contributed by atoms with Gasteiger partial charge >= 0.3 is 0 Å². The summed E-state index contributed by atoms with van der Waals surface area (Å²) in [6.45, 7) is 6.84. The molecule has 0 N–H and O–H groups in total. The van der Waals surface area contributed by atoms with Crippen LogP contribution in [0.25, 0.3) is 11.5 Å². The summed E-state index contributed by atoms with van der Waals surface area (Å²) in [5, 5.41) is 0.710. The average molecular weight is 307 g/mol. The van der Waals surface area contributed by atoms with Crippen molar-refractivity contribution in [3.8, 4) is 11.5 Å². The van der Waals surface area contributed by atoms with Gasteiger partial charge in [0.2, 0.25) is 5.89 Å². The molecule has 1 fully saturated rings. The number of ether oxygens (including phenoxy) is 1. The van der Waals surface area contributed by atoms with Gasteiger partial charge in [-0.3, -0.25) is 4.90 Å². The topological polar surface area (TPSA) is 38.5 Å². The van der Waals surface area contributed by atoms with E-state index < -0.39 is 0 Å². The monoisotopic (exact) mass is 306 g/mol. The van der Waals surface area contributed by atoms with Crippen LogP contribution >= 0.6 is 11.6 Å². The molecule has 2 atom stereocenters. The molecule has 21 heavy (non-hydrogen) atoms. The zero-order valence-corrected chi connectivity index (χ0v) is 13.0. The molecule has 0 aliphatic carbocycles. The van der Waals surface area contributed by atoms with Gasteiger partial charge in [-0.15, -0.1) is 0 Å². The van der Waals surface area contributed by atoms with Crippen LogP contribution < -0.4 is 0 Å². The van der Waals surface area contributed by atoms with Gasteiger partial charge in [0, 0.05) is 30.2 Å². The standard InChI is InChI=1S/C16H19ClN2O2/c1-11-7-19(8-12(2)21-11)9-15-10-20-16(18-15)13-3-5-14(17)6-4-13/h3-6,10-12H,7-9H2,1-2H3/t11-,12-/m1/s1. The van der Waals surface area contributed by atoms with Crippen molar-refractivity contribution in [1.29, 1.82) is 0 Å². The van der Waals surface area contributed by atoms with Crippen molar-refractivity contribution in [2.24, 2.45) is 0 Å². The summed E-state index contributed by atoms with van der Waals surface area (Å²) in [4.78, 5) is 6.91. The molecule has 2 heterocycles.